The van der Waals surface area contributed by atoms with Crippen molar-refractivity contribution in [3.05, 3.63) is 0 Å². The smallest absolute Gasteiger partial charge is 0.309 e. The van der Waals surface area contributed by atoms with Crippen LogP contribution in [0.25, 0.3) is 0 Å². The number of ether oxygens (including phenoxy) is 1. The van der Waals surface area contributed by atoms with Crippen molar-refractivity contribution in [2.45, 2.75) is 77.4 Å². The van der Waals surface area contributed by atoms with E-state index in [2.05, 4.69) is 13.8 Å². The van der Waals surface area contributed by atoms with Crippen LogP contribution >= 0.6 is 0 Å². The van der Waals surface area contributed by atoms with Gasteiger partial charge in [-0.3, -0.25) is 4.79 Å². The molecule has 4 rings (SSSR count). The number of hydrogen-bond acceptors (Lipinski definition) is 4. The third-order valence-electron chi connectivity index (χ3n) is 9.23. The van der Waals surface area contributed by atoms with Gasteiger partial charge in [-0.25, -0.2) is 0 Å². The van der Waals surface area contributed by atoms with E-state index >= 15 is 0 Å². The topological polar surface area (TPSA) is 66.8 Å². The highest BCUT2D eigenvalue weighted by atomic mass is 16.5. The number of fused-ring (bicyclic) bond motifs is 5. The van der Waals surface area contributed by atoms with Crippen molar-refractivity contribution >= 4 is 5.97 Å². The summed E-state index contributed by atoms with van der Waals surface area (Å²) in [6, 6.07) is 0. The van der Waals surface area contributed by atoms with Crippen LogP contribution in [0.3, 0.4) is 0 Å². The zero-order chi connectivity index (χ0) is 18.0. The van der Waals surface area contributed by atoms with Crippen molar-refractivity contribution in [1.29, 1.82) is 0 Å². The third kappa shape index (κ3) is 2.36. The maximum atomic E-state index is 12.3. The third-order valence-corrected chi connectivity index (χ3v) is 9.23. The Morgan fingerprint density at radius 2 is 1.76 bits per heavy atom. The lowest BCUT2D eigenvalue weighted by Gasteiger charge is -2.62. The lowest BCUT2D eigenvalue weighted by atomic mass is 9.44. The summed E-state index contributed by atoms with van der Waals surface area (Å²) in [6.45, 7) is 4.56. The van der Waals surface area contributed by atoms with E-state index < -0.39 is 6.10 Å². The van der Waals surface area contributed by atoms with Gasteiger partial charge >= 0.3 is 5.97 Å². The molecule has 0 aromatic heterocycles. The number of hydrogen-bond donors (Lipinski definition) is 2. The number of aliphatic hydroxyl groups is 2. The van der Waals surface area contributed by atoms with Crippen LogP contribution in [-0.4, -0.2) is 35.5 Å². The first-order valence-electron chi connectivity index (χ1n) is 10.3. The lowest BCUT2D eigenvalue weighted by Crippen LogP contribution is -2.59. The Bertz CT molecular complexity index is 548. The number of carbonyl (C=O) groups excluding carboxylic acids is 1. The first kappa shape index (κ1) is 17.8. The fraction of sp³-hybridized carbons (Fsp3) is 0.952. The highest BCUT2D eigenvalue weighted by Gasteiger charge is 2.64. The van der Waals surface area contributed by atoms with Crippen molar-refractivity contribution in [1.82, 2.24) is 0 Å². The molecule has 0 amide bonds. The summed E-state index contributed by atoms with van der Waals surface area (Å²) in [5, 5.41) is 21.3. The highest BCUT2D eigenvalue weighted by molar-refractivity contribution is 5.74. The largest absolute Gasteiger partial charge is 0.469 e. The van der Waals surface area contributed by atoms with Crippen molar-refractivity contribution in [2.75, 3.05) is 7.11 Å². The Kier molecular flexibility index (Phi) is 4.23. The summed E-state index contributed by atoms with van der Waals surface area (Å²) in [6.07, 6.45) is 7.45. The molecule has 4 aliphatic rings. The van der Waals surface area contributed by atoms with Crippen molar-refractivity contribution < 1.29 is 19.7 Å². The van der Waals surface area contributed by atoms with Gasteiger partial charge in [0.1, 0.15) is 0 Å². The molecule has 4 fully saturated rings. The van der Waals surface area contributed by atoms with E-state index in [0.29, 0.717) is 23.7 Å². The molecule has 0 unspecified atom stereocenters. The molecule has 4 nitrogen and oxygen atoms in total. The van der Waals surface area contributed by atoms with Crippen LogP contribution in [-0.2, 0) is 9.53 Å². The van der Waals surface area contributed by atoms with E-state index in [4.69, 9.17) is 4.74 Å². The van der Waals surface area contributed by atoms with Crippen LogP contribution in [0.2, 0.25) is 0 Å². The maximum Gasteiger partial charge on any atom is 0.309 e. The Labute approximate surface area is 151 Å². The molecule has 0 radical (unpaired) electrons. The Morgan fingerprint density at radius 3 is 2.48 bits per heavy atom. The van der Waals surface area contributed by atoms with Gasteiger partial charge in [-0.05, 0) is 80.5 Å². The van der Waals surface area contributed by atoms with E-state index in [9.17, 15) is 15.0 Å². The fourth-order valence-electron chi connectivity index (χ4n) is 7.73. The molecule has 142 valence electrons. The van der Waals surface area contributed by atoms with E-state index in [1.165, 1.54) is 20.0 Å². The van der Waals surface area contributed by atoms with E-state index in [-0.39, 0.29) is 28.8 Å². The van der Waals surface area contributed by atoms with Crippen LogP contribution in [0.4, 0.5) is 0 Å². The minimum atomic E-state index is -0.423. The first-order chi connectivity index (χ1) is 11.8. The average molecular weight is 350 g/mol. The zero-order valence-corrected chi connectivity index (χ0v) is 15.9. The summed E-state index contributed by atoms with van der Waals surface area (Å²) in [5.41, 5.74) is -0.0839. The normalized spacial score (nSPS) is 55.0. The summed E-state index contributed by atoms with van der Waals surface area (Å²) in [5.74, 6) is 1.87. The minimum Gasteiger partial charge on any atom is -0.469 e. The molecule has 4 saturated carbocycles. The molecule has 0 saturated heterocycles. The molecule has 4 heteroatoms. The molecule has 0 aromatic carbocycles. The number of methoxy groups -OCH3 is 1. The second-order valence-corrected chi connectivity index (χ2v) is 9.86. The van der Waals surface area contributed by atoms with E-state index in [1.54, 1.807) is 0 Å². The predicted octanol–water partition coefficient (Wildman–Crippen LogP) is 3.15. The molecule has 25 heavy (non-hydrogen) atoms. The summed E-state index contributed by atoms with van der Waals surface area (Å²) in [4.78, 5) is 12.3. The summed E-state index contributed by atoms with van der Waals surface area (Å²) < 4.78 is 5.07. The van der Waals surface area contributed by atoms with Gasteiger partial charge in [0.25, 0.3) is 0 Å². The molecule has 0 spiro atoms. The minimum absolute atomic E-state index is 0.136. The van der Waals surface area contributed by atoms with E-state index in [1.807, 2.05) is 0 Å². The first-order valence-corrected chi connectivity index (χ1v) is 10.3. The van der Waals surface area contributed by atoms with Gasteiger partial charge < -0.3 is 14.9 Å². The van der Waals surface area contributed by atoms with Crippen molar-refractivity contribution in [2.24, 2.45) is 40.4 Å². The molecule has 0 heterocycles. The van der Waals surface area contributed by atoms with Crippen LogP contribution < -0.4 is 0 Å². The second-order valence-electron chi connectivity index (χ2n) is 9.86. The average Bonchev–Trinajstić information content (AvgIpc) is 2.95. The van der Waals surface area contributed by atoms with Crippen LogP contribution in [0.5, 0.6) is 0 Å². The second kappa shape index (κ2) is 5.95. The van der Waals surface area contributed by atoms with E-state index in [0.717, 1.165) is 38.5 Å². The Hall–Kier alpha value is -0.610. The standard InChI is InChI=1S/C21H34O4/c1-20-9-8-13(22)10-12(20)4-5-14-15-6-7-16(19(24)25-3)21(15,2)18(23)11-17(14)20/h12-18,22-23H,4-11H2,1-3H3/t12-,13-,14+,15-,16+,17-,18+,20+,21+/m1/s1. The van der Waals surface area contributed by atoms with Crippen molar-refractivity contribution in [3.63, 3.8) is 0 Å². The van der Waals surface area contributed by atoms with Gasteiger partial charge in [0.15, 0.2) is 0 Å². The Morgan fingerprint density at radius 1 is 1.00 bits per heavy atom. The number of rotatable bonds is 1. The van der Waals surface area contributed by atoms with Gasteiger partial charge in [-0.2, -0.15) is 0 Å². The summed E-state index contributed by atoms with van der Waals surface area (Å²) >= 11 is 0. The zero-order valence-electron chi connectivity index (χ0n) is 15.9. The molecule has 0 aliphatic heterocycles. The highest BCUT2D eigenvalue weighted by Crippen LogP contribution is 2.67. The SMILES string of the molecule is COC(=O)[C@@H]1CC[C@@H]2[C@@H]3CC[C@@H]4C[C@H](O)CC[C@]4(C)[C@@H]3C[C@H](O)[C@@]21C. The molecule has 0 aromatic rings. The fourth-order valence-corrected chi connectivity index (χ4v) is 7.73. The van der Waals surface area contributed by atoms with Crippen LogP contribution in [0.1, 0.15) is 65.2 Å². The lowest BCUT2D eigenvalue weighted by molar-refractivity contribution is -0.182. The molecular weight excluding hydrogens is 316 g/mol. The van der Waals surface area contributed by atoms with Crippen molar-refractivity contribution in [3.8, 4) is 0 Å². The number of aliphatic hydroxyl groups excluding tert-OH is 2. The molecule has 2 N–H and O–H groups in total. The van der Waals surface area contributed by atoms with Gasteiger partial charge in [-0.1, -0.05) is 13.8 Å². The predicted molar refractivity (Wildman–Crippen MR) is 94.6 cm³/mol. The number of carbonyl (C=O) groups is 1. The quantitative estimate of drug-likeness (QED) is 0.713. The number of esters is 1. The van der Waals surface area contributed by atoms with Gasteiger partial charge in [-0.15, -0.1) is 0 Å². The molecule has 4 aliphatic carbocycles. The van der Waals surface area contributed by atoms with Gasteiger partial charge in [0.2, 0.25) is 0 Å². The van der Waals surface area contributed by atoms with Crippen LogP contribution in [0.15, 0.2) is 0 Å². The Balaban J connectivity index is 1.65. The summed E-state index contributed by atoms with van der Waals surface area (Å²) in [7, 11) is 1.47. The van der Waals surface area contributed by atoms with Gasteiger partial charge in [0, 0.05) is 5.41 Å². The monoisotopic (exact) mass is 350 g/mol. The molecular formula is C21H34O4. The van der Waals surface area contributed by atoms with Gasteiger partial charge in [0.05, 0.1) is 25.2 Å². The molecule has 9 atom stereocenters. The van der Waals surface area contributed by atoms with Crippen LogP contribution in [0, 0.1) is 40.4 Å². The maximum absolute atomic E-state index is 12.3. The molecule has 0 bridgehead atoms.